The van der Waals surface area contributed by atoms with E-state index in [1.54, 1.807) is 0 Å². The van der Waals surface area contributed by atoms with Gasteiger partial charge in [0.2, 0.25) is 5.91 Å². The SMILES string of the molecule is Cl.O=C1NCC2CC1N2. The zero-order valence-corrected chi connectivity index (χ0v) is 5.70. The molecule has 0 aliphatic carbocycles. The first-order valence-corrected chi connectivity index (χ1v) is 2.90. The monoisotopic (exact) mass is 148 g/mol. The predicted octanol–water partition coefficient (Wildman–Crippen LogP) is -0.732. The van der Waals surface area contributed by atoms with Gasteiger partial charge < -0.3 is 10.6 Å². The van der Waals surface area contributed by atoms with Crippen molar-refractivity contribution in [2.75, 3.05) is 6.54 Å². The van der Waals surface area contributed by atoms with Gasteiger partial charge in [0.25, 0.3) is 0 Å². The van der Waals surface area contributed by atoms with Crippen LogP contribution in [-0.4, -0.2) is 24.5 Å². The highest BCUT2D eigenvalue weighted by molar-refractivity contribution is 5.85. The van der Waals surface area contributed by atoms with Crippen LogP contribution in [0.3, 0.4) is 0 Å². The molecule has 3 fully saturated rings. The molecule has 3 rings (SSSR count). The van der Waals surface area contributed by atoms with Crippen LogP contribution in [0, 0.1) is 0 Å². The number of carbonyl (C=O) groups is 1. The molecule has 3 nitrogen and oxygen atoms in total. The zero-order valence-electron chi connectivity index (χ0n) is 4.89. The minimum absolute atomic E-state index is 0. The highest BCUT2D eigenvalue weighted by Crippen LogP contribution is 2.14. The number of fused-ring (bicyclic) bond motifs is 2. The molecule has 3 aliphatic heterocycles. The van der Waals surface area contributed by atoms with Gasteiger partial charge in [0.1, 0.15) is 0 Å². The number of rotatable bonds is 0. The standard InChI is InChI=1S/C5H8N2O.ClH/c8-5-4-1-3(7-4)2-6-5;/h3-4,7H,1-2H2,(H,6,8);1H. The van der Waals surface area contributed by atoms with Crippen LogP contribution >= 0.6 is 12.4 Å². The molecule has 0 aromatic heterocycles. The molecule has 9 heavy (non-hydrogen) atoms. The van der Waals surface area contributed by atoms with E-state index >= 15 is 0 Å². The third kappa shape index (κ3) is 0.904. The second kappa shape index (κ2) is 2.15. The first kappa shape index (κ1) is 6.83. The lowest BCUT2D eigenvalue weighted by molar-refractivity contribution is -0.129. The average molecular weight is 149 g/mol. The first-order valence-electron chi connectivity index (χ1n) is 2.90. The first-order chi connectivity index (χ1) is 3.86. The number of hydrogen-bond acceptors (Lipinski definition) is 2. The van der Waals surface area contributed by atoms with Crippen molar-refractivity contribution in [2.45, 2.75) is 18.5 Å². The van der Waals surface area contributed by atoms with Crippen LogP contribution in [0.1, 0.15) is 6.42 Å². The molecule has 0 radical (unpaired) electrons. The van der Waals surface area contributed by atoms with Gasteiger partial charge in [-0.15, -0.1) is 12.4 Å². The predicted molar refractivity (Wildman–Crippen MR) is 35.6 cm³/mol. The molecule has 1 amide bonds. The molecule has 2 unspecified atom stereocenters. The summed E-state index contributed by atoms with van der Waals surface area (Å²) in [6.45, 7) is 0.829. The Morgan fingerprint density at radius 1 is 1.56 bits per heavy atom. The molecule has 0 aromatic carbocycles. The van der Waals surface area contributed by atoms with E-state index in [0.717, 1.165) is 13.0 Å². The molecule has 0 saturated carbocycles. The molecule has 2 N–H and O–H groups in total. The van der Waals surface area contributed by atoms with Gasteiger partial charge in [-0.2, -0.15) is 0 Å². The van der Waals surface area contributed by atoms with E-state index in [4.69, 9.17) is 0 Å². The van der Waals surface area contributed by atoms with Gasteiger partial charge in [-0.05, 0) is 6.42 Å². The van der Waals surface area contributed by atoms with Crippen molar-refractivity contribution < 1.29 is 4.79 Å². The van der Waals surface area contributed by atoms with E-state index in [1.807, 2.05) is 0 Å². The second-order valence-corrected chi connectivity index (χ2v) is 2.40. The van der Waals surface area contributed by atoms with Gasteiger partial charge in [0, 0.05) is 12.6 Å². The summed E-state index contributed by atoms with van der Waals surface area (Å²) in [6.07, 6.45) is 1.05. The number of carbonyl (C=O) groups excluding carboxylic acids is 1. The van der Waals surface area contributed by atoms with Crippen LogP contribution in [0.2, 0.25) is 0 Å². The summed E-state index contributed by atoms with van der Waals surface area (Å²) in [7, 11) is 0. The molecular formula is C5H9ClN2O. The molecule has 0 aromatic rings. The van der Waals surface area contributed by atoms with E-state index in [-0.39, 0.29) is 24.4 Å². The minimum Gasteiger partial charge on any atom is -0.353 e. The number of amides is 1. The lowest BCUT2D eigenvalue weighted by Crippen LogP contribution is -2.68. The number of hydrogen-bond donors (Lipinski definition) is 2. The van der Waals surface area contributed by atoms with Crippen LogP contribution in [-0.2, 0) is 4.79 Å². The zero-order chi connectivity index (χ0) is 5.56. The molecule has 0 spiro atoms. The van der Waals surface area contributed by atoms with Crippen molar-refractivity contribution in [2.24, 2.45) is 0 Å². The van der Waals surface area contributed by atoms with E-state index in [9.17, 15) is 4.79 Å². The fourth-order valence-electron chi connectivity index (χ4n) is 1.22. The molecular weight excluding hydrogens is 140 g/mol. The van der Waals surface area contributed by atoms with Gasteiger partial charge in [0.15, 0.2) is 0 Å². The minimum atomic E-state index is 0. The lowest BCUT2D eigenvalue weighted by Gasteiger charge is -2.41. The van der Waals surface area contributed by atoms with Crippen molar-refractivity contribution in [3.8, 4) is 0 Å². The van der Waals surface area contributed by atoms with Gasteiger partial charge in [-0.1, -0.05) is 0 Å². The summed E-state index contributed by atoms with van der Waals surface area (Å²) in [4.78, 5) is 10.7. The molecule has 3 aliphatic rings. The average Bonchev–Trinajstić information content (AvgIpc) is 1.62. The molecule has 52 valence electrons. The van der Waals surface area contributed by atoms with Gasteiger partial charge >= 0.3 is 0 Å². The Bertz CT molecular complexity index is 130. The van der Waals surface area contributed by atoms with Crippen LogP contribution in [0.4, 0.5) is 0 Å². The maximum absolute atomic E-state index is 10.7. The fraction of sp³-hybridized carbons (Fsp3) is 0.800. The number of piperazine rings is 1. The smallest absolute Gasteiger partial charge is 0.237 e. The quantitative estimate of drug-likeness (QED) is 0.476. The topological polar surface area (TPSA) is 41.1 Å². The third-order valence-electron chi connectivity index (χ3n) is 1.80. The number of piperidine rings is 1. The van der Waals surface area contributed by atoms with E-state index in [1.165, 1.54) is 0 Å². The van der Waals surface area contributed by atoms with Crippen LogP contribution in [0.15, 0.2) is 0 Å². The second-order valence-electron chi connectivity index (χ2n) is 2.40. The van der Waals surface area contributed by atoms with Crippen LogP contribution < -0.4 is 10.6 Å². The van der Waals surface area contributed by atoms with Crippen molar-refractivity contribution >= 4 is 18.3 Å². The molecule has 2 atom stereocenters. The van der Waals surface area contributed by atoms with Gasteiger partial charge in [-0.3, -0.25) is 4.79 Å². The summed E-state index contributed by atoms with van der Waals surface area (Å²) in [5.41, 5.74) is 0. The Kier molecular flexibility index (Phi) is 1.64. The normalized spacial score (nSPS) is 38.0. The van der Waals surface area contributed by atoms with Crippen LogP contribution in [0.25, 0.3) is 0 Å². The summed E-state index contributed by atoms with van der Waals surface area (Å²) in [5, 5.41) is 5.90. The van der Waals surface area contributed by atoms with Crippen molar-refractivity contribution in [3.05, 3.63) is 0 Å². The Balaban J connectivity index is 0.000000405. The number of halogens is 1. The highest BCUT2D eigenvalue weighted by atomic mass is 35.5. The summed E-state index contributed by atoms with van der Waals surface area (Å²) >= 11 is 0. The van der Waals surface area contributed by atoms with Crippen LogP contribution in [0.5, 0.6) is 0 Å². The van der Waals surface area contributed by atoms with E-state index in [2.05, 4.69) is 10.6 Å². The maximum atomic E-state index is 10.7. The van der Waals surface area contributed by atoms with Crippen molar-refractivity contribution in [3.63, 3.8) is 0 Å². The maximum Gasteiger partial charge on any atom is 0.237 e. The fourth-order valence-corrected chi connectivity index (χ4v) is 1.22. The lowest BCUT2D eigenvalue weighted by atomic mass is 9.92. The van der Waals surface area contributed by atoms with Crippen molar-refractivity contribution in [1.82, 2.24) is 10.6 Å². The highest BCUT2D eigenvalue weighted by Gasteiger charge is 2.37. The Labute approximate surface area is 59.6 Å². The van der Waals surface area contributed by atoms with Gasteiger partial charge in [0.05, 0.1) is 6.04 Å². The summed E-state index contributed by atoms with van der Waals surface area (Å²) in [5.74, 6) is 0.174. The van der Waals surface area contributed by atoms with Crippen molar-refractivity contribution in [1.29, 1.82) is 0 Å². The number of nitrogens with one attached hydrogen (secondary N) is 2. The Hall–Kier alpha value is -0.280. The van der Waals surface area contributed by atoms with Gasteiger partial charge in [-0.25, -0.2) is 0 Å². The molecule has 3 saturated heterocycles. The third-order valence-corrected chi connectivity index (χ3v) is 1.80. The molecule has 3 heterocycles. The summed E-state index contributed by atoms with van der Waals surface area (Å²) in [6, 6.07) is 0.728. The van der Waals surface area contributed by atoms with E-state index < -0.39 is 0 Å². The summed E-state index contributed by atoms with van der Waals surface area (Å²) < 4.78 is 0. The Morgan fingerprint density at radius 2 is 2.22 bits per heavy atom. The Morgan fingerprint density at radius 3 is 2.44 bits per heavy atom. The molecule has 4 heteroatoms. The largest absolute Gasteiger partial charge is 0.353 e. The van der Waals surface area contributed by atoms with E-state index in [0.29, 0.717) is 6.04 Å². The molecule has 2 bridgehead atoms.